The highest BCUT2D eigenvalue weighted by Crippen LogP contribution is 2.29. The van der Waals surface area contributed by atoms with Gasteiger partial charge in [0.25, 0.3) is 0 Å². The molecule has 25 heavy (non-hydrogen) atoms. The monoisotopic (exact) mass is 410 g/mol. The summed E-state index contributed by atoms with van der Waals surface area (Å²) in [5, 5.41) is 0.186. The molecule has 0 aliphatic rings. The van der Waals surface area contributed by atoms with E-state index in [-0.39, 0.29) is 21.3 Å². The number of allylic oxidation sites excluding steroid dienone is 2. The van der Waals surface area contributed by atoms with Gasteiger partial charge in [-0.05, 0) is 30.3 Å². The second-order valence-electron chi connectivity index (χ2n) is 4.64. The largest absolute Gasteiger partial charge is 0.430 e. The molecule has 1 heterocycles. The minimum Gasteiger partial charge on any atom is -0.395 e. The lowest BCUT2D eigenvalue weighted by atomic mass is 10.2. The average Bonchev–Trinajstić information content (AvgIpc) is 2.97. The Morgan fingerprint density at radius 2 is 1.88 bits per heavy atom. The molecule has 0 spiro atoms. The van der Waals surface area contributed by atoms with Gasteiger partial charge in [0.05, 0.1) is 21.3 Å². The van der Waals surface area contributed by atoms with E-state index in [0.717, 1.165) is 6.07 Å². The zero-order chi connectivity index (χ0) is 18.8. The molecule has 0 amide bonds. The third-order valence-electron chi connectivity index (χ3n) is 2.80. The van der Waals surface area contributed by atoms with Crippen molar-refractivity contribution in [1.29, 1.82) is 0 Å². The summed E-state index contributed by atoms with van der Waals surface area (Å²) in [6, 6.07) is 8.42. The summed E-state index contributed by atoms with van der Waals surface area (Å²) >= 11 is 6.49. The molecule has 11 heteroatoms. The van der Waals surface area contributed by atoms with Gasteiger partial charge in [0.15, 0.2) is 0 Å². The fourth-order valence-corrected chi connectivity index (χ4v) is 3.46. The summed E-state index contributed by atoms with van der Waals surface area (Å²) in [6.07, 6.45) is -4.21. The Balaban J connectivity index is 2.61. The smallest absolute Gasteiger partial charge is 0.395 e. The Labute approximate surface area is 150 Å². The highest BCUT2D eigenvalue weighted by atomic mass is 35.5. The number of thiophene rings is 1. The molecule has 2 rings (SSSR count). The maximum absolute atomic E-state index is 12.7. The molecule has 5 nitrogen and oxygen atoms in total. The number of hydrogen-bond donors (Lipinski definition) is 2. The van der Waals surface area contributed by atoms with Crippen molar-refractivity contribution in [3.05, 3.63) is 58.1 Å². The van der Waals surface area contributed by atoms with Crippen molar-refractivity contribution in [2.75, 3.05) is 0 Å². The second-order valence-corrected chi connectivity index (χ2v) is 7.78. The van der Waals surface area contributed by atoms with E-state index in [2.05, 4.69) is 4.99 Å². The van der Waals surface area contributed by atoms with Crippen LogP contribution in [-0.2, 0) is 10.1 Å². The molecule has 0 radical (unpaired) electrons. The molecule has 0 bridgehead atoms. The predicted octanol–water partition coefficient (Wildman–Crippen LogP) is 4.17. The molecule has 1 aromatic heterocycles. The Bertz CT molecular complexity index is 950. The van der Waals surface area contributed by atoms with Crippen molar-refractivity contribution in [3.8, 4) is 0 Å². The van der Waals surface area contributed by atoms with E-state index >= 15 is 0 Å². The summed E-state index contributed by atoms with van der Waals surface area (Å²) in [5.41, 5.74) is 3.54. The lowest BCUT2D eigenvalue weighted by Crippen LogP contribution is -2.20. The minimum absolute atomic E-state index is 0.0553. The first-order valence-electron chi connectivity index (χ1n) is 6.44. The summed E-state index contributed by atoms with van der Waals surface area (Å²) in [6.45, 7) is 0. The number of hydrogen-bond acceptors (Lipinski definition) is 5. The highest BCUT2D eigenvalue weighted by Gasteiger charge is 2.32. The third-order valence-corrected chi connectivity index (χ3v) is 5.55. The topological polar surface area (TPSA) is 92.8 Å². The third kappa shape index (κ3) is 5.05. The highest BCUT2D eigenvalue weighted by molar-refractivity contribution is 7.88. The molecule has 0 atom stereocenters. The molecule has 0 saturated carbocycles. The van der Waals surface area contributed by atoms with Gasteiger partial charge in [0.1, 0.15) is 9.91 Å². The second kappa shape index (κ2) is 7.16. The van der Waals surface area contributed by atoms with Crippen LogP contribution >= 0.6 is 22.9 Å². The lowest BCUT2D eigenvalue weighted by molar-refractivity contribution is -0.0925. The van der Waals surface area contributed by atoms with E-state index in [9.17, 15) is 21.6 Å². The summed E-state index contributed by atoms with van der Waals surface area (Å²) in [7, 11) is -4.49. The van der Waals surface area contributed by atoms with E-state index < -0.39 is 26.2 Å². The SMILES string of the molecule is N/C(=C\C(=Nc1ccccc1Cl)c1ccc(S(=O)(=O)O)s1)C(F)(F)F. The van der Waals surface area contributed by atoms with Crippen molar-refractivity contribution in [2.45, 2.75) is 10.4 Å². The molecular weight excluding hydrogens is 401 g/mol. The molecule has 1 aromatic carbocycles. The number of benzene rings is 1. The first-order valence-corrected chi connectivity index (χ1v) is 9.07. The van der Waals surface area contributed by atoms with Gasteiger partial charge in [0.2, 0.25) is 0 Å². The van der Waals surface area contributed by atoms with Crippen molar-refractivity contribution in [2.24, 2.45) is 10.7 Å². The van der Waals surface area contributed by atoms with Crippen LogP contribution in [0, 0.1) is 0 Å². The molecule has 0 unspecified atom stereocenters. The van der Waals surface area contributed by atoms with Crippen LogP contribution < -0.4 is 5.73 Å². The fraction of sp³-hybridized carbons (Fsp3) is 0.0714. The number of para-hydroxylation sites is 1. The summed E-state index contributed by atoms with van der Waals surface area (Å²) in [5.74, 6) is 0. The molecule has 0 saturated heterocycles. The molecule has 134 valence electrons. The number of halogens is 4. The van der Waals surface area contributed by atoms with Crippen molar-refractivity contribution in [3.63, 3.8) is 0 Å². The van der Waals surface area contributed by atoms with E-state index in [1.165, 1.54) is 18.2 Å². The number of alkyl halides is 3. The number of nitrogens with two attached hydrogens (primary N) is 1. The molecule has 0 aliphatic heterocycles. The Kier molecular flexibility index (Phi) is 5.57. The van der Waals surface area contributed by atoms with Crippen LogP contribution in [-0.4, -0.2) is 24.9 Å². The van der Waals surface area contributed by atoms with E-state index in [1.807, 2.05) is 0 Å². The zero-order valence-electron chi connectivity index (χ0n) is 12.2. The van der Waals surface area contributed by atoms with Crippen LogP contribution in [0.25, 0.3) is 0 Å². The van der Waals surface area contributed by atoms with Crippen molar-refractivity contribution in [1.82, 2.24) is 0 Å². The van der Waals surface area contributed by atoms with Gasteiger partial charge in [-0.15, -0.1) is 11.3 Å². The Hall–Kier alpha value is -1.88. The van der Waals surface area contributed by atoms with Crippen LogP contribution in [0.1, 0.15) is 4.88 Å². The molecule has 0 fully saturated rings. The van der Waals surface area contributed by atoms with Gasteiger partial charge in [-0.25, -0.2) is 4.99 Å². The number of aliphatic imine (C=N–C) groups is 1. The number of rotatable bonds is 4. The van der Waals surface area contributed by atoms with E-state index in [1.54, 1.807) is 12.1 Å². The first kappa shape index (κ1) is 19.4. The lowest BCUT2D eigenvalue weighted by Gasteiger charge is -2.07. The standard InChI is InChI=1S/C14H10ClF3N2O3S2/c15-8-3-1-2-4-9(8)20-10(7-12(19)14(16,17)18)11-5-6-13(24-11)25(21,22)23/h1-7H,19H2,(H,21,22,23)/b12-7-,20-10?. The predicted molar refractivity (Wildman–Crippen MR) is 90.1 cm³/mol. The summed E-state index contributed by atoms with van der Waals surface area (Å²) < 4.78 is 69.1. The van der Waals surface area contributed by atoms with Gasteiger partial charge < -0.3 is 5.73 Å². The van der Waals surface area contributed by atoms with Gasteiger partial charge >= 0.3 is 16.3 Å². The van der Waals surface area contributed by atoms with Gasteiger partial charge in [-0.3, -0.25) is 4.55 Å². The normalized spacial score (nSPS) is 14.0. The van der Waals surface area contributed by atoms with Crippen LogP contribution in [0.15, 0.2) is 57.4 Å². The van der Waals surface area contributed by atoms with Gasteiger partial charge in [-0.2, -0.15) is 21.6 Å². The van der Waals surface area contributed by atoms with Crippen LogP contribution in [0.2, 0.25) is 5.02 Å². The maximum atomic E-state index is 12.7. The van der Waals surface area contributed by atoms with Gasteiger partial charge in [-0.1, -0.05) is 23.7 Å². The van der Waals surface area contributed by atoms with Crippen LogP contribution in [0.3, 0.4) is 0 Å². The van der Waals surface area contributed by atoms with Crippen LogP contribution in [0.4, 0.5) is 18.9 Å². The average molecular weight is 411 g/mol. The van der Waals surface area contributed by atoms with Crippen LogP contribution in [0.5, 0.6) is 0 Å². The maximum Gasteiger partial charge on any atom is 0.430 e. The van der Waals surface area contributed by atoms with Crippen molar-refractivity contribution >= 4 is 44.5 Å². The fourth-order valence-electron chi connectivity index (χ4n) is 1.66. The first-order chi connectivity index (χ1) is 11.5. The number of nitrogens with zero attached hydrogens (tertiary/aromatic N) is 1. The molecular formula is C14H10ClF3N2O3S2. The minimum atomic E-state index is -4.79. The molecule has 3 N–H and O–H groups in total. The Morgan fingerprint density at radius 3 is 2.40 bits per heavy atom. The van der Waals surface area contributed by atoms with E-state index in [4.69, 9.17) is 21.9 Å². The quantitative estimate of drug-likeness (QED) is 0.584. The summed E-state index contributed by atoms with van der Waals surface area (Å²) in [4.78, 5) is 4.09. The van der Waals surface area contributed by atoms with Crippen molar-refractivity contribution < 1.29 is 26.1 Å². The zero-order valence-corrected chi connectivity index (χ0v) is 14.5. The van der Waals surface area contributed by atoms with E-state index in [0.29, 0.717) is 17.4 Å². The Morgan fingerprint density at radius 1 is 1.24 bits per heavy atom. The molecule has 0 aliphatic carbocycles. The molecule has 2 aromatic rings. The van der Waals surface area contributed by atoms with Gasteiger partial charge in [0, 0.05) is 0 Å².